The van der Waals surface area contributed by atoms with Crippen molar-refractivity contribution in [3.05, 3.63) is 25.0 Å². The van der Waals surface area contributed by atoms with Gasteiger partial charge in [0.05, 0.1) is 12.1 Å². The number of aromatic nitrogens is 5. The smallest absolute Gasteiger partial charge is 0.137 e. The Hall–Kier alpha value is -2.22. The van der Waals surface area contributed by atoms with Crippen LogP contribution in [0.4, 0.5) is 11.6 Å². The molecule has 0 saturated carbocycles. The van der Waals surface area contributed by atoms with Crippen LogP contribution in [-0.2, 0) is 11.3 Å². The number of nitrogens with one attached hydrogen (secondary N) is 1. The predicted molar refractivity (Wildman–Crippen MR) is 108 cm³/mol. The van der Waals surface area contributed by atoms with Crippen LogP contribution in [0.3, 0.4) is 0 Å². The molecule has 0 aromatic carbocycles. The lowest BCUT2D eigenvalue weighted by Gasteiger charge is -2.36. The normalized spacial score (nSPS) is 25.8. The van der Waals surface area contributed by atoms with E-state index in [4.69, 9.17) is 4.74 Å². The van der Waals surface area contributed by atoms with Gasteiger partial charge in [-0.15, -0.1) is 0 Å². The molecule has 152 valence electrons. The van der Waals surface area contributed by atoms with Crippen LogP contribution in [-0.4, -0.2) is 56.6 Å². The lowest BCUT2D eigenvalue weighted by molar-refractivity contribution is -0.0203. The summed E-state index contributed by atoms with van der Waals surface area (Å²) in [6.07, 6.45) is 9.88. The first-order valence-corrected chi connectivity index (χ1v) is 10.5. The zero-order valence-electron chi connectivity index (χ0n) is 16.9. The topological polar surface area (TPSA) is 81.0 Å². The van der Waals surface area contributed by atoms with Crippen molar-refractivity contribution < 1.29 is 4.74 Å². The molecule has 0 spiro atoms. The van der Waals surface area contributed by atoms with Gasteiger partial charge < -0.3 is 15.0 Å². The van der Waals surface area contributed by atoms with Gasteiger partial charge in [-0.2, -0.15) is 5.10 Å². The van der Waals surface area contributed by atoms with Crippen LogP contribution in [0.1, 0.15) is 39.5 Å². The highest BCUT2D eigenvalue weighted by Crippen LogP contribution is 2.26. The fraction of sp³-hybridized carbons (Fsp3) is 0.700. The summed E-state index contributed by atoms with van der Waals surface area (Å²) in [6, 6.07) is 2.39. The molecule has 0 unspecified atom stereocenters. The van der Waals surface area contributed by atoms with Gasteiger partial charge in [-0.3, -0.25) is 4.68 Å². The molecule has 1 N–H and O–H groups in total. The van der Waals surface area contributed by atoms with Crippen molar-refractivity contribution in [2.75, 3.05) is 29.9 Å². The van der Waals surface area contributed by atoms with E-state index in [1.54, 1.807) is 19.0 Å². The molecule has 2 aliphatic heterocycles. The molecule has 8 nitrogen and oxygen atoms in total. The van der Waals surface area contributed by atoms with E-state index in [0.717, 1.165) is 57.1 Å². The second-order valence-electron chi connectivity index (χ2n) is 8.31. The van der Waals surface area contributed by atoms with Gasteiger partial charge in [0.15, 0.2) is 0 Å². The monoisotopic (exact) mass is 385 g/mol. The maximum atomic E-state index is 6.01. The number of ether oxygens (including phenoxy) is 1. The summed E-state index contributed by atoms with van der Waals surface area (Å²) in [5.41, 5.74) is 0. The first-order valence-electron chi connectivity index (χ1n) is 10.5. The summed E-state index contributed by atoms with van der Waals surface area (Å²) in [7, 11) is 0. The third-order valence-electron chi connectivity index (χ3n) is 5.76. The van der Waals surface area contributed by atoms with Crippen molar-refractivity contribution >= 4 is 11.6 Å². The summed E-state index contributed by atoms with van der Waals surface area (Å²) in [5, 5.41) is 7.86. The SMILES string of the molecule is CC(C)[C@@H]1OCCC[C@H]1Nc1cc(N2CCC[C@H](Cn3cncn3)C2)ncn1. The second-order valence-corrected chi connectivity index (χ2v) is 8.31. The van der Waals surface area contributed by atoms with E-state index in [0.29, 0.717) is 17.9 Å². The minimum atomic E-state index is 0.231. The van der Waals surface area contributed by atoms with Gasteiger partial charge in [0.2, 0.25) is 0 Å². The number of rotatable bonds is 6. The van der Waals surface area contributed by atoms with Gasteiger partial charge in [0, 0.05) is 32.3 Å². The highest BCUT2D eigenvalue weighted by atomic mass is 16.5. The van der Waals surface area contributed by atoms with Gasteiger partial charge in [-0.05, 0) is 37.5 Å². The van der Waals surface area contributed by atoms with E-state index in [2.05, 4.69) is 50.2 Å². The molecule has 0 bridgehead atoms. The maximum Gasteiger partial charge on any atom is 0.137 e. The Kier molecular flexibility index (Phi) is 6.04. The van der Waals surface area contributed by atoms with Gasteiger partial charge in [0.1, 0.15) is 30.6 Å². The van der Waals surface area contributed by atoms with Crippen LogP contribution in [0.2, 0.25) is 0 Å². The van der Waals surface area contributed by atoms with E-state index < -0.39 is 0 Å². The molecule has 28 heavy (non-hydrogen) atoms. The van der Waals surface area contributed by atoms with Gasteiger partial charge >= 0.3 is 0 Å². The molecule has 8 heteroatoms. The maximum absolute atomic E-state index is 6.01. The Labute approximate surface area is 166 Å². The Morgan fingerprint density at radius 1 is 1.21 bits per heavy atom. The second kappa shape index (κ2) is 8.86. The molecule has 0 aliphatic carbocycles. The highest BCUT2D eigenvalue weighted by Gasteiger charge is 2.29. The summed E-state index contributed by atoms with van der Waals surface area (Å²) < 4.78 is 7.93. The van der Waals surface area contributed by atoms with Crippen molar-refractivity contribution in [1.29, 1.82) is 0 Å². The Bertz CT molecular complexity index is 736. The minimum absolute atomic E-state index is 0.231. The summed E-state index contributed by atoms with van der Waals surface area (Å²) in [5.74, 6) is 2.93. The van der Waals surface area contributed by atoms with E-state index in [1.165, 1.54) is 6.42 Å². The average Bonchev–Trinajstić information content (AvgIpc) is 3.22. The lowest BCUT2D eigenvalue weighted by Crippen LogP contribution is -2.43. The van der Waals surface area contributed by atoms with Crippen molar-refractivity contribution in [2.45, 2.75) is 58.2 Å². The molecule has 0 radical (unpaired) electrons. The van der Waals surface area contributed by atoms with E-state index in [-0.39, 0.29) is 6.10 Å². The van der Waals surface area contributed by atoms with Crippen LogP contribution >= 0.6 is 0 Å². The van der Waals surface area contributed by atoms with E-state index in [1.807, 2.05) is 4.68 Å². The van der Waals surface area contributed by atoms with Gasteiger partial charge in [0.25, 0.3) is 0 Å². The first kappa shape index (κ1) is 19.1. The molecule has 4 rings (SSSR count). The van der Waals surface area contributed by atoms with Crippen molar-refractivity contribution in [1.82, 2.24) is 24.7 Å². The van der Waals surface area contributed by atoms with Crippen LogP contribution in [0.15, 0.2) is 25.0 Å². The number of nitrogens with zero attached hydrogens (tertiary/aromatic N) is 6. The first-order chi connectivity index (χ1) is 13.7. The molecular formula is C20H31N7O. The van der Waals surface area contributed by atoms with Crippen LogP contribution in [0.25, 0.3) is 0 Å². The predicted octanol–water partition coefficient (Wildman–Crippen LogP) is 2.60. The molecule has 0 amide bonds. The van der Waals surface area contributed by atoms with Gasteiger partial charge in [-0.25, -0.2) is 15.0 Å². The van der Waals surface area contributed by atoms with Crippen LogP contribution in [0, 0.1) is 11.8 Å². The minimum Gasteiger partial charge on any atom is -0.376 e. The van der Waals surface area contributed by atoms with E-state index in [9.17, 15) is 0 Å². The van der Waals surface area contributed by atoms with E-state index >= 15 is 0 Å². The van der Waals surface area contributed by atoms with Crippen LogP contribution < -0.4 is 10.2 Å². The van der Waals surface area contributed by atoms with Crippen LogP contribution in [0.5, 0.6) is 0 Å². The molecule has 2 aromatic heterocycles. The number of piperidine rings is 1. The molecule has 4 heterocycles. The molecule has 3 atom stereocenters. The van der Waals surface area contributed by atoms with Crippen molar-refractivity contribution in [3.63, 3.8) is 0 Å². The largest absolute Gasteiger partial charge is 0.376 e. The summed E-state index contributed by atoms with van der Waals surface area (Å²) in [4.78, 5) is 15.4. The quantitative estimate of drug-likeness (QED) is 0.818. The Balaban J connectivity index is 1.41. The third kappa shape index (κ3) is 4.60. The molecule has 2 fully saturated rings. The summed E-state index contributed by atoms with van der Waals surface area (Å²) >= 11 is 0. The Morgan fingerprint density at radius 2 is 2.14 bits per heavy atom. The molecular weight excluding hydrogens is 354 g/mol. The molecule has 2 aliphatic rings. The molecule has 2 aromatic rings. The number of hydrogen-bond donors (Lipinski definition) is 1. The number of hydrogen-bond acceptors (Lipinski definition) is 7. The van der Waals surface area contributed by atoms with Crippen molar-refractivity contribution in [3.8, 4) is 0 Å². The number of anilines is 2. The fourth-order valence-corrected chi connectivity index (χ4v) is 4.42. The van der Waals surface area contributed by atoms with Gasteiger partial charge in [-0.1, -0.05) is 13.8 Å². The zero-order chi connectivity index (χ0) is 19.3. The summed E-state index contributed by atoms with van der Waals surface area (Å²) in [6.45, 7) is 8.22. The fourth-order valence-electron chi connectivity index (χ4n) is 4.42. The van der Waals surface area contributed by atoms with Crippen molar-refractivity contribution in [2.24, 2.45) is 11.8 Å². The average molecular weight is 386 g/mol. The highest BCUT2D eigenvalue weighted by molar-refractivity contribution is 5.49. The lowest BCUT2D eigenvalue weighted by atomic mass is 9.93. The zero-order valence-corrected chi connectivity index (χ0v) is 16.9. The third-order valence-corrected chi connectivity index (χ3v) is 5.76. The Morgan fingerprint density at radius 3 is 2.96 bits per heavy atom. The molecule has 2 saturated heterocycles. The standard InChI is InChI=1S/C20H31N7O/c1-15(2)20-17(6-4-8-28-20)25-18-9-19(23-13-22-18)26-7-3-5-16(10-26)11-27-14-21-12-24-27/h9,12-17,20H,3-8,10-11H2,1-2H3,(H,22,23,25)/t16-,17+,20-/m0/s1.